The van der Waals surface area contributed by atoms with Crippen molar-refractivity contribution in [1.29, 1.82) is 0 Å². The van der Waals surface area contributed by atoms with Crippen LogP contribution in [0, 0.1) is 6.92 Å². The lowest BCUT2D eigenvalue weighted by atomic mass is 10.2. The highest BCUT2D eigenvalue weighted by Crippen LogP contribution is 2.32. The van der Waals surface area contributed by atoms with Crippen molar-refractivity contribution >= 4 is 23.4 Å². The number of rotatable bonds is 6. The van der Waals surface area contributed by atoms with E-state index in [-0.39, 0.29) is 0 Å². The van der Waals surface area contributed by atoms with E-state index in [1.54, 1.807) is 11.8 Å². The third-order valence-corrected chi connectivity index (χ3v) is 4.37. The lowest BCUT2D eigenvalue weighted by molar-refractivity contribution is 0.669. The molecule has 0 amide bonds. The Bertz CT molecular complexity index is 551. The molecular formula is C17H20ClNS. The van der Waals surface area contributed by atoms with Crippen molar-refractivity contribution < 1.29 is 0 Å². The minimum atomic E-state index is 0.798. The first-order chi connectivity index (χ1) is 9.69. The summed E-state index contributed by atoms with van der Waals surface area (Å²) in [7, 11) is 0. The van der Waals surface area contributed by atoms with E-state index in [1.165, 1.54) is 20.9 Å². The number of nitrogens with one attached hydrogen (secondary N) is 1. The molecule has 0 spiro atoms. The van der Waals surface area contributed by atoms with Gasteiger partial charge in [-0.15, -0.1) is 0 Å². The molecule has 0 fully saturated rings. The summed E-state index contributed by atoms with van der Waals surface area (Å²) in [6.45, 7) is 6.17. The zero-order valence-electron chi connectivity index (χ0n) is 11.9. The van der Waals surface area contributed by atoms with Gasteiger partial charge in [0.15, 0.2) is 0 Å². The number of aryl methyl sites for hydroxylation is 1. The molecule has 2 aromatic rings. The van der Waals surface area contributed by atoms with Crippen LogP contribution in [-0.4, -0.2) is 6.54 Å². The van der Waals surface area contributed by atoms with E-state index < -0.39 is 0 Å². The Hall–Kier alpha value is -0.960. The van der Waals surface area contributed by atoms with Crippen LogP contribution < -0.4 is 5.32 Å². The van der Waals surface area contributed by atoms with E-state index >= 15 is 0 Å². The Balaban J connectivity index is 2.15. The second-order valence-corrected chi connectivity index (χ2v) is 6.40. The molecule has 0 saturated carbocycles. The highest BCUT2D eigenvalue weighted by Gasteiger charge is 2.05. The van der Waals surface area contributed by atoms with Gasteiger partial charge in [-0.25, -0.2) is 0 Å². The Morgan fingerprint density at radius 3 is 2.55 bits per heavy atom. The Kier molecular flexibility index (Phi) is 5.96. The molecule has 0 bridgehead atoms. The minimum absolute atomic E-state index is 0.798. The van der Waals surface area contributed by atoms with Gasteiger partial charge in [-0.3, -0.25) is 0 Å². The fourth-order valence-electron chi connectivity index (χ4n) is 1.92. The number of halogens is 1. The third-order valence-electron chi connectivity index (χ3n) is 3.01. The van der Waals surface area contributed by atoms with E-state index in [9.17, 15) is 0 Å². The molecule has 0 saturated heterocycles. The van der Waals surface area contributed by atoms with Crippen molar-refractivity contribution in [3.05, 3.63) is 58.6 Å². The maximum absolute atomic E-state index is 6.12. The predicted molar refractivity (Wildman–Crippen MR) is 88.8 cm³/mol. The van der Waals surface area contributed by atoms with E-state index in [0.717, 1.165) is 24.5 Å². The molecule has 1 N–H and O–H groups in total. The van der Waals surface area contributed by atoms with Gasteiger partial charge in [0.1, 0.15) is 0 Å². The van der Waals surface area contributed by atoms with Crippen molar-refractivity contribution in [1.82, 2.24) is 5.32 Å². The summed E-state index contributed by atoms with van der Waals surface area (Å²) < 4.78 is 0. The fraction of sp³-hybridized carbons (Fsp3) is 0.294. The molecule has 0 aliphatic heterocycles. The van der Waals surface area contributed by atoms with Gasteiger partial charge < -0.3 is 5.32 Å². The maximum atomic E-state index is 6.12. The van der Waals surface area contributed by atoms with Crippen molar-refractivity contribution in [3.63, 3.8) is 0 Å². The molecule has 106 valence electrons. The van der Waals surface area contributed by atoms with Crippen molar-refractivity contribution in [3.8, 4) is 0 Å². The van der Waals surface area contributed by atoms with Crippen LogP contribution in [0.2, 0.25) is 5.02 Å². The summed E-state index contributed by atoms with van der Waals surface area (Å²) in [5.41, 5.74) is 2.55. The largest absolute Gasteiger partial charge is 0.313 e. The van der Waals surface area contributed by atoms with E-state index in [2.05, 4.69) is 55.6 Å². The fourth-order valence-corrected chi connectivity index (χ4v) is 3.04. The van der Waals surface area contributed by atoms with Crippen molar-refractivity contribution in [2.24, 2.45) is 0 Å². The molecule has 3 heteroatoms. The predicted octanol–water partition coefficient (Wildman–Crippen LogP) is 5.30. The first-order valence-electron chi connectivity index (χ1n) is 6.92. The normalized spacial score (nSPS) is 10.8. The molecule has 20 heavy (non-hydrogen) atoms. The van der Waals surface area contributed by atoms with Crippen LogP contribution >= 0.6 is 23.4 Å². The number of hydrogen-bond donors (Lipinski definition) is 1. The molecule has 0 heterocycles. The van der Waals surface area contributed by atoms with E-state index in [4.69, 9.17) is 11.6 Å². The van der Waals surface area contributed by atoms with Gasteiger partial charge in [0.25, 0.3) is 0 Å². The van der Waals surface area contributed by atoms with Crippen LogP contribution in [0.25, 0.3) is 0 Å². The topological polar surface area (TPSA) is 12.0 Å². The van der Waals surface area contributed by atoms with Gasteiger partial charge in [-0.2, -0.15) is 0 Å². The molecule has 0 atom stereocenters. The first-order valence-corrected chi connectivity index (χ1v) is 8.12. The summed E-state index contributed by atoms with van der Waals surface area (Å²) in [6.07, 6.45) is 1.14. The molecule has 2 rings (SSSR count). The lowest BCUT2D eigenvalue weighted by Crippen LogP contribution is -2.14. The van der Waals surface area contributed by atoms with Crippen LogP contribution in [0.5, 0.6) is 0 Å². The van der Waals surface area contributed by atoms with Crippen LogP contribution in [0.3, 0.4) is 0 Å². The number of benzene rings is 2. The third kappa shape index (κ3) is 4.55. The summed E-state index contributed by atoms with van der Waals surface area (Å²) in [5, 5.41) is 4.24. The Morgan fingerprint density at radius 2 is 1.85 bits per heavy atom. The molecule has 2 aromatic carbocycles. The van der Waals surface area contributed by atoms with Crippen molar-refractivity contribution in [2.45, 2.75) is 36.6 Å². The second-order valence-electron chi connectivity index (χ2n) is 4.84. The smallest absolute Gasteiger partial charge is 0.0410 e. The highest BCUT2D eigenvalue weighted by atomic mass is 35.5. The molecule has 1 nitrogen and oxygen atoms in total. The first kappa shape index (κ1) is 15.4. The van der Waals surface area contributed by atoms with Crippen molar-refractivity contribution in [2.75, 3.05) is 6.54 Å². The van der Waals surface area contributed by atoms with Gasteiger partial charge >= 0.3 is 0 Å². The SMILES string of the molecule is CCCNCc1cc(Cl)ccc1Sc1ccc(C)cc1. The van der Waals surface area contributed by atoms with Crippen LogP contribution in [0.15, 0.2) is 52.3 Å². The molecule has 0 unspecified atom stereocenters. The molecule has 0 aliphatic rings. The Labute approximate surface area is 130 Å². The standard InChI is InChI=1S/C17H20ClNS/c1-3-10-19-12-14-11-15(18)6-9-17(14)20-16-7-4-13(2)5-8-16/h4-9,11,19H,3,10,12H2,1-2H3. The van der Waals surface area contributed by atoms with Gasteiger partial charge in [0.05, 0.1) is 0 Å². The van der Waals surface area contributed by atoms with Gasteiger partial charge in [0, 0.05) is 21.4 Å². The van der Waals surface area contributed by atoms with Crippen LogP contribution in [0.4, 0.5) is 0 Å². The summed E-state index contributed by atoms with van der Waals surface area (Å²) in [4.78, 5) is 2.52. The molecule has 0 aliphatic carbocycles. The second kappa shape index (κ2) is 7.72. The lowest BCUT2D eigenvalue weighted by Gasteiger charge is -2.11. The van der Waals surface area contributed by atoms with Crippen LogP contribution in [-0.2, 0) is 6.54 Å². The summed E-state index contributed by atoms with van der Waals surface area (Å²) >= 11 is 7.91. The molecular weight excluding hydrogens is 286 g/mol. The van der Waals surface area contributed by atoms with Gasteiger partial charge in [0.2, 0.25) is 0 Å². The highest BCUT2D eigenvalue weighted by molar-refractivity contribution is 7.99. The maximum Gasteiger partial charge on any atom is 0.0410 e. The van der Waals surface area contributed by atoms with Crippen LogP contribution in [0.1, 0.15) is 24.5 Å². The van der Waals surface area contributed by atoms with E-state index in [1.807, 2.05) is 6.07 Å². The van der Waals surface area contributed by atoms with Gasteiger partial charge in [-0.1, -0.05) is 48.0 Å². The minimum Gasteiger partial charge on any atom is -0.313 e. The van der Waals surface area contributed by atoms with Gasteiger partial charge in [-0.05, 0) is 55.8 Å². The average molecular weight is 306 g/mol. The Morgan fingerprint density at radius 1 is 1.10 bits per heavy atom. The summed E-state index contributed by atoms with van der Waals surface area (Å²) in [5.74, 6) is 0. The quantitative estimate of drug-likeness (QED) is 0.727. The summed E-state index contributed by atoms with van der Waals surface area (Å²) in [6, 6.07) is 14.7. The molecule has 0 radical (unpaired) electrons. The zero-order chi connectivity index (χ0) is 14.4. The average Bonchev–Trinajstić information content (AvgIpc) is 2.44. The molecule has 0 aromatic heterocycles. The monoisotopic (exact) mass is 305 g/mol. The zero-order valence-corrected chi connectivity index (χ0v) is 13.5. The van der Waals surface area contributed by atoms with E-state index in [0.29, 0.717) is 0 Å². The number of hydrogen-bond acceptors (Lipinski definition) is 2.